The summed E-state index contributed by atoms with van der Waals surface area (Å²) < 4.78 is 5.65. The molecule has 0 unspecified atom stereocenters. The fourth-order valence-electron chi connectivity index (χ4n) is 3.96. The van der Waals surface area contributed by atoms with Gasteiger partial charge in [0.05, 0.1) is 5.56 Å². The SMILES string of the molecule is CNCc1ccc(-c2ccccc2C(=O)Nc2ccc(C(=N)N)cc2)c(C(=O)OCc2ccccc2)c1. The lowest BCUT2D eigenvalue weighted by Crippen LogP contribution is -2.15. The van der Waals surface area contributed by atoms with E-state index in [-0.39, 0.29) is 18.3 Å². The van der Waals surface area contributed by atoms with Crippen molar-refractivity contribution in [1.29, 1.82) is 5.41 Å². The van der Waals surface area contributed by atoms with Crippen LogP contribution >= 0.6 is 0 Å². The van der Waals surface area contributed by atoms with Crippen LogP contribution in [0, 0.1) is 5.41 Å². The molecule has 7 nitrogen and oxygen atoms in total. The summed E-state index contributed by atoms with van der Waals surface area (Å²) in [6.07, 6.45) is 0. The maximum absolute atomic E-state index is 13.3. The van der Waals surface area contributed by atoms with Crippen molar-refractivity contribution in [3.05, 3.63) is 125 Å². The second-order valence-electron chi connectivity index (χ2n) is 8.46. The van der Waals surface area contributed by atoms with Gasteiger partial charge in [0.1, 0.15) is 12.4 Å². The van der Waals surface area contributed by atoms with E-state index in [0.29, 0.717) is 40.0 Å². The summed E-state index contributed by atoms with van der Waals surface area (Å²) in [5, 5.41) is 13.5. The Morgan fingerprint density at radius 1 is 0.811 bits per heavy atom. The molecule has 0 fully saturated rings. The summed E-state index contributed by atoms with van der Waals surface area (Å²) in [4.78, 5) is 26.5. The van der Waals surface area contributed by atoms with Gasteiger partial charge in [-0.2, -0.15) is 0 Å². The molecule has 0 atom stereocenters. The van der Waals surface area contributed by atoms with Crippen molar-refractivity contribution in [2.24, 2.45) is 5.73 Å². The molecule has 0 bridgehead atoms. The van der Waals surface area contributed by atoms with Gasteiger partial charge in [0.15, 0.2) is 0 Å². The van der Waals surface area contributed by atoms with E-state index >= 15 is 0 Å². The molecule has 0 aromatic heterocycles. The quantitative estimate of drug-likeness (QED) is 0.150. The molecular formula is C30H28N4O3. The van der Waals surface area contributed by atoms with Crippen LogP contribution in [0.1, 0.15) is 37.4 Å². The number of ether oxygens (including phenoxy) is 1. The van der Waals surface area contributed by atoms with Gasteiger partial charge >= 0.3 is 5.97 Å². The molecule has 0 radical (unpaired) electrons. The lowest BCUT2D eigenvalue weighted by molar-refractivity contribution is 0.0473. The Labute approximate surface area is 215 Å². The number of anilines is 1. The minimum absolute atomic E-state index is 0.0448. The van der Waals surface area contributed by atoms with Crippen molar-refractivity contribution >= 4 is 23.4 Å². The van der Waals surface area contributed by atoms with E-state index < -0.39 is 5.97 Å². The summed E-state index contributed by atoms with van der Waals surface area (Å²) in [5.41, 5.74) is 10.5. The van der Waals surface area contributed by atoms with E-state index in [1.165, 1.54) is 0 Å². The number of benzene rings is 4. The molecule has 4 rings (SSSR count). The molecule has 7 heteroatoms. The molecule has 5 N–H and O–H groups in total. The molecular weight excluding hydrogens is 464 g/mol. The molecule has 37 heavy (non-hydrogen) atoms. The van der Waals surface area contributed by atoms with E-state index in [1.807, 2.05) is 61.6 Å². The normalized spacial score (nSPS) is 10.5. The van der Waals surface area contributed by atoms with E-state index in [2.05, 4.69) is 10.6 Å². The van der Waals surface area contributed by atoms with Crippen LogP contribution in [0.3, 0.4) is 0 Å². The van der Waals surface area contributed by atoms with Crippen molar-refractivity contribution in [1.82, 2.24) is 5.32 Å². The third-order valence-electron chi connectivity index (χ3n) is 5.81. The molecule has 0 aliphatic carbocycles. The van der Waals surface area contributed by atoms with Crippen LogP contribution in [0.15, 0.2) is 97.1 Å². The molecule has 0 heterocycles. The molecule has 0 saturated carbocycles. The van der Waals surface area contributed by atoms with Crippen molar-refractivity contribution in [2.45, 2.75) is 13.2 Å². The lowest BCUT2D eigenvalue weighted by Gasteiger charge is -2.15. The first-order valence-corrected chi connectivity index (χ1v) is 11.8. The first kappa shape index (κ1) is 25.3. The number of hydrogen-bond donors (Lipinski definition) is 4. The van der Waals surface area contributed by atoms with E-state index in [0.717, 1.165) is 11.1 Å². The van der Waals surface area contributed by atoms with Gasteiger partial charge in [0, 0.05) is 23.4 Å². The number of nitrogen functional groups attached to an aromatic ring is 1. The fourth-order valence-corrected chi connectivity index (χ4v) is 3.96. The summed E-state index contributed by atoms with van der Waals surface area (Å²) in [5.74, 6) is -0.836. The minimum Gasteiger partial charge on any atom is -0.457 e. The van der Waals surface area contributed by atoms with Gasteiger partial charge in [-0.1, -0.05) is 60.7 Å². The highest BCUT2D eigenvalue weighted by atomic mass is 16.5. The van der Waals surface area contributed by atoms with Gasteiger partial charge in [-0.3, -0.25) is 10.2 Å². The van der Waals surface area contributed by atoms with Crippen LogP contribution < -0.4 is 16.4 Å². The number of esters is 1. The van der Waals surface area contributed by atoms with Crippen LogP contribution in [-0.2, 0) is 17.9 Å². The Morgan fingerprint density at radius 2 is 1.49 bits per heavy atom. The van der Waals surface area contributed by atoms with E-state index in [1.54, 1.807) is 42.5 Å². The van der Waals surface area contributed by atoms with Gasteiger partial charge in [-0.05, 0) is 65.7 Å². The van der Waals surface area contributed by atoms with Gasteiger partial charge < -0.3 is 21.1 Å². The number of amides is 1. The van der Waals surface area contributed by atoms with Gasteiger partial charge in [-0.25, -0.2) is 4.79 Å². The third kappa shape index (κ3) is 6.28. The van der Waals surface area contributed by atoms with E-state index in [9.17, 15) is 9.59 Å². The highest BCUT2D eigenvalue weighted by Gasteiger charge is 2.20. The number of carbonyl (C=O) groups is 2. The molecule has 0 aliphatic rings. The fraction of sp³-hybridized carbons (Fsp3) is 0.100. The number of hydrogen-bond acceptors (Lipinski definition) is 5. The first-order valence-electron chi connectivity index (χ1n) is 11.8. The maximum atomic E-state index is 13.3. The van der Waals surface area contributed by atoms with Crippen LogP contribution in [0.4, 0.5) is 5.69 Å². The molecule has 0 saturated heterocycles. The Balaban J connectivity index is 1.65. The average Bonchev–Trinajstić information content (AvgIpc) is 2.92. The average molecular weight is 493 g/mol. The predicted molar refractivity (Wildman–Crippen MR) is 146 cm³/mol. The molecule has 186 valence electrons. The second-order valence-corrected chi connectivity index (χ2v) is 8.46. The zero-order valence-electron chi connectivity index (χ0n) is 20.5. The largest absolute Gasteiger partial charge is 0.457 e. The Bertz CT molecular complexity index is 1420. The number of amidine groups is 1. The van der Waals surface area contributed by atoms with E-state index in [4.69, 9.17) is 15.9 Å². The Hall–Kier alpha value is -4.75. The van der Waals surface area contributed by atoms with Crippen LogP contribution in [0.2, 0.25) is 0 Å². The zero-order valence-corrected chi connectivity index (χ0v) is 20.5. The Morgan fingerprint density at radius 3 is 2.19 bits per heavy atom. The second kappa shape index (κ2) is 11.8. The maximum Gasteiger partial charge on any atom is 0.339 e. The summed E-state index contributed by atoms with van der Waals surface area (Å²) >= 11 is 0. The topological polar surface area (TPSA) is 117 Å². The highest BCUT2D eigenvalue weighted by Crippen LogP contribution is 2.30. The summed E-state index contributed by atoms with van der Waals surface area (Å²) in [6.45, 7) is 0.728. The summed E-state index contributed by atoms with van der Waals surface area (Å²) in [7, 11) is 1.84. The third-order valence-corrected chi connectivity index (χ3v) is 5.81. The number of nitrogens with one attached hydrogen (secondary N) is 3. The molecule has 4 aromatic rings. The van der Waals surface area contributed by atoms with Gasteiger partial charge in [0.25, 0.3) is 5.91 Å². The molecule has 1 amide bonds. The van der Waals surface area contributed by atoms with Crippen molar-refractivity contribution in [3.8, 4) is 11.1 Å². The lowest BCUT2D eigenvalue weighted by atomic mass is 9.93. The molecule has 4 aromatic carbocycles. The summed E-state index contributed by atoms with van der Waals surface area (Å²) in [6, 6.07) is 28.9. The van der Waals surface area contributed by atoms with Gasteiger partial charge in [0.2, 0.25) is 0 Å². The number of carbonyl (C=O) groups excluding carboxylic acids is 2. The molecule has 0 aliphatic heterocycles. The monoisotopic (exact) mass is 492 g/mol. The number of rotatable bonds is 9. The smallest absolute Gasteiger partial charge is 0.339 e. The van der Waals surface area contributed by atoms with Crippen LogP contribution in [-0.4, -0.2) is 24.8 Å². The van der Waals surface area contributed by atoms with Crippen molar-refractivity contribution in [3.63, 3.8) is 0 Å². The minimum atomic E-state index is -0.466. The first-order chi connectivity index (χ1) is 18.0. The van der Waals surface area contributed by atoms with Gasteiger partial charge in [-0.15, -0.1) is 0 Å². The predicted octanol–water partition coefficient (Wildman–Crippen LogP) is 4.97. The standard InChI is InChI=1S/C30H28N4O3/c1-33-18-21-11-16-25(27(17-21)30(36)37-19-20-7-3-2-4-8-20)24-9-5-6-10-26(24)29(35)34-23-14-12-22(13-15-23)28(31)32/h2-17,33H,18-19H2,1H3,(H3,31,32)(H,34,35). The number of nitrogens with two attached hydrogens (primary N) is 1. The van der Waals surface area contributed by atoms with Crippen molar-refractivity contribution in [2.75, 3.05) is 12.4 Å². The highest BCUT2D eigenvalue weighted by molar-refractivity contribution is 6.10. The van der Waals surface area contributed by atoms with Crippen LogP contribution in [0.25, 0.3) is 11.1 Å². The zero-order chi connectivity index (χ0) is 26.2. The molecule has 0 spiro atoms. The van der Waals surface area contributed by atoms with Crippen LogP contribution in [0.5, 0.6) is 0 Å². The Kier molecular flexibility index (Phi) is 8.08. The van der Waals surface area contributed by atoms with Crippen molar-refractivity contribution < 1.29 is 14.3 Å².